The summed E-state index contributed by atoms with van der Waals surface area (Å²) in [7, 11) is 0. The van der Waals surface area contributed by atoms with E-state index >= 15 is 0 Å². The van der Waals surface area contributed by atoms with E-state index in [2.05, 4.69) is 477 Å². The predicted molar refractivity (Wildman–Crippen MR) is 539 cm³/mol. The molecular formula is C124H82N2O2. The molecule has 2 aromatic heterocycles. The molecule has 0 unspecified atom stereocenters. The van der Waals surface area contributed by atoms with Crippen LogP contribution in [-0.2, 0) is 6.42 Å². The number of anilines is 6. The third-order valence-electron chi connectivity index (χ3n) is 26.2. The molecule has 1 aliphatic rings. The van der Waals surface area contributed by atoms with E-state index in [0.29, 0.717) is 0 Å². The van der Waals surface area contributed by atoms with Crippen molar-refractivity contribution in [2.24, 2.45) is 0 Å². The maximum absolute atomic E-state index is 6.81. The highest BCUT2D eigenvalue weighted by Crippen LogP contribution is 2.52. The molecule has 0 spiro atoms. The lowest BCUT2D eigenvalue weighted by molar-refractivity contribution is 0.668. The van der Waals surface area contributed by atoms with Crippen LogP contribution >= 0.6 is 0 Å². The third kappa shape index (κ3) is 13.5. The number of para-hydroxylation sites is 4. The molecule has 23 aromatic rings. The molecule has 600 valence electrons. The van der Waals surface area contributed by atoms with E-state index in [1.165, 1.54) is 66.1 Å². The molecule has 128 heavy (non-hydrogen) atoms. The van der Waals surface area contributed by atoms with Gasteiger partial charge >= 0.3 is 0 Å². The van der Waals surface area contributed by atoms with Crippen molar-refractivity contribution in [3.05, 3.63) is 490 Å². The molecule has 0 saturated carbocycles. The van der Waals surface area contributed by atoms with Crippen molar-refractivity contribution in [1.29, 1.82) is 0 Å². The molecule has 2 heterocycles. The van der Waals surface area contributed by atoms with Crippen molar-refractivity contribution in [3.63, 3.8) is 0 Å². The minimum absolute atomic E-state index is 0.830. The number of allylic oxidation sites excluding steroid dienone is 1. The van der Waals surface area contributed by atoms with Crippen molar-refractivity contribution >= 4 is 116 Å². The van der Waals surface area contributed by atoms with Crippen LogP contribution in [0.3, 0.4) is 0 Å². The van der Waals surface area contributed by atoms with Crippen LogP contribution in [0.1, 0.15) is 23.1 Å². The minimum Gasteiger partial charge on any atom is -0.456 e. The summed E-state index contributed by atoms with van der Waals surface area (Å²) in [6.07, 6.45) is 4.53. The number of fused-ring (bicyclic) bond motifs is 10. The van der Waals surface area contributed by atoms with E-state index in [0.717, 1.165) is 191 Å². The second-order valence-electron chi connectivity index (χ2n) is 33.6. The van der Waals surface area contributed by atoms with Crippen molar-refractivity contribution < 1.29 is 8.83 Å². The molecule has 0 saturated heterocycles. The van der Waals surface area contributed by atoms with E-state index in [-0.39, 0.29) is 0 Å². The highest BCUT2D eigenvalue weighted by Gasteiger charge is 2.27. The fourth-order valence-corrected chi connectivity index (χ4v) is 20.0. The van der Waals surface area contributed by atoms with Crippen molar-refractivity contribution in [1.82, 2.24) is 0 Å². The zero-order chi connectivity index (χ0) is 84.5. The Hall–Kier alpha value is -16.7. The topological polar surface area (TPSA) is 32.8 Å². The van der Waals surface area contributed by atoms with Gasteiger partial charge in [0.1, 0.15) is 22.3 Å². The molecule has 0 fully saturated rings. The summed E-state index contributed by atoms with van der Waals surface area (Å²) in [6.45, 7) is 0. The monoisotopic (exact) mass is 1630 g/mol. The molecule has 0 atom stereocenters. The molecular weight excluding hydrogens is 1550 g/mol. The van der Waals surface area contributed by atoms with Crippen LogP contribution in [0.5, 0.6) is 0 Å². The van der Waals surface area contributed by atoms with Gasteiger partial charge in [-0.05, 0) is 259 Å². The molecule has 0 radical (unpaired) electrons. The van der Waals surface area contributed by atoms with Crippen LogP contribution in [0.4, 0.5) is 34.1 Å². The van der Waals surface area contributed by atoms with Gasteiger partial charge in [0.25, 0.3) is 0 Å². The second kappa shape index (κ2) is 31.9. The van der Waals surface area contributed by atoms with E-state index in [1.54, 1.807) is 0 Å². The highest BCUT2D eigenvalue weighted by atomic mass is 16.3. The number of rotatable bonds is 17. The largest absolute Gasteiger partial charge is 0.456 e. The van der Waals surface area contributed by atoms with Gasteiger partial charge in [0, 0.05) is 55.3 Å². The van der Waals surface area contributed by atoms with Crippen molar-refractivity contribution in [2.75, 3.05) is 9.80 Å². The fourth-order valence-electron chi connectivity index (χ4n) is 20.0. The first kappa shape index (κ1) is 75.1. The zero-order valence-corrected chi connectivity index (χ0v) is 70.2. The molecule has 0 N–H and O–H groups in total. The van der Waals surface area contributed by atoms with Crippen molar-refractivity contribution in [2.45, 2.75) is 12.8 Å². The SMILES string of the molecule is C1=C(c2ccc(-c3ccc(N(c4cccc(-c5ccc(-c6cccc7c(-c8ccc(N(c9ccc(-c%10ccc(-c%11cccc%12ccccc%11%12)cc%10)cc9)c9ccccc9-c9ccccc9-c9cccc%10ccccc9%10)c(-c9ccc%10c(c9)oc9ccccc9%10)c8)cccc67)cc5)c4)c4ccccc4-c4ccc5c(c4)oc4ccccc45)cc3)cc2)c2ccccc2CC1. The summed E-state index contributed by atoms with van der Waals surface area (Å²) in [5, 5.41) is 11.6. The standard InChI is InChI=1S/C124H82N2O2/c1-4-31-99-86(23-1)26-18-40-101(99)89-57-51-81(52-58-89)83-63-70-96(71-64-83)125(118-47-13-9-34-106(118)94-67-74-115-113-38-11-15-49-121(113)127-123(115)79-94)98-30-17-29-92(77-98)85-55-61-91(62-56-85)104-42-21-46-109-105(43-22-45-107(104)109)93-69-76-120(117(78-93)95-68-75-116-114-39-12-16-50-122(114)128-124(116)80-95)126(97-72-65-84(66-73-97)82-53-59-90(60-54-82)102-41-19-27-87-24-2-5-32-100(87)102)119-48-14-10-37-112(119)111-36-8-7-35-110(111)108-44-20-28-88-25-3-6-33-103(88)108/h1-17,19-25,27-80H,18,26H2. The van der Waals surface area contributed by atoms with Gasteiger partial charge in [-0.1, -0.05) is 376 Å². The Bertz CT molecular complexity index is 8280. The summed E-state index contributed by atoms with van der Waals surface area (Å²) in [5.74, 6) is 0. The maximum Gasteiger partial charge on any atom is 0.136 e. The summed E-state index contributed by atoms with van der Waals surface area (Å²) < 4.78 is 13.4. The molecule has 1 aliphatic carbocycles. The Balaban J connectivity index is 0.604. The van der Waals surface area contributed by atoms with E-state index in [9.17, 15) is 0 Å². The molecule has 0 aliphatic heterocycles. The first-order chi connectivity index (χ1) is 63.4. The number of furan rings is 2. The van der Waals surface area contributed by atoms with Gasteiger partial charge in [0.05, 0.1) is 17.1 Å². The average Bonchev–Trinajstić information content (AvgIpc) is 1.16. The summed E-state index contributed by atoms with van der Waals surface area (Å²) in [5.41, 5.74) is 37.5. The highest BCUT2D eigenvalue weighted by molar-refractivity contribution is 6.11. The van der Waals surface area contributed by atoms with Crippen LogP contribution in [0.2, 0.25) is 0 Å². The Morgan fingerprint density at radius 1 is 0.172 bits per heavy atom. The summed E-state index contributed by atoms with van der Waals surface area (Å²) >= 11 is 0. The Morgan fingerprint density at radius 2 is 0.531 bits per heavy atom. The lowest BCUT2D eigenvalue weighted by Gasteiger charge is -2.31. The number of aryl methyl sites for hydroxylation is 1. The van der Waals surface area contributed by atoms with E-state index < -0.39 is 0 Å². The minimum atomic E-state index is 0.830. The van der Waals surface area contributed by atoms with Crippen LogP contribution in [0.15, 0.2) is 482 Å². The van der Waals surface area contributed by atoms with Crippen LogP contribution in [0.25, 0.3) is 193 Å². The fraction of sp³-hybridized carbons (Fsp3) is 0.0161. The first-order valence-corrected chi connectivity index (χ1v) is 44.2. The Kier molecular flexibility index (Phi) is 18.7. The maximum atomic E-state index is 6.81. The third-order valence-corrected chi connectivity index (χ3v) is 26.2. The van der Waals surface area contributed by atoms with Gasteiger partial charge in [-0.25, -0.2) is 0 Å². The van der Waals surface area contributed by atoms with Gasteiger partial charge in [-0.3, -0.25) is 0 Å². The van der Waals surface area contributed by atoms with Crippen LogP contribution in [-0.4, -0.2) is 0 Å². The second-order valence-corrected chi connectivity index (χ2v) is 33.6. The molecule has 4 nitrogen and oxygen atoms in total. The first-order valence-electron chi connectivity index (χ1n) is 44.2. The predicted octanol–water partition coefficient (Wildman–Crippen LogP) is 34.9. The van der Waals surface area contributed by atoms with Gasteiger partial charge in [-0.15, -0.1) is 0 Å². The number of hydrogen-bond donors (Lipinski definition) is 0. The number of hydrogen-bond acceptors (Lipinski definition) is 4. The normalized spacial score (nSPS) is 12.0. The lowest BCUT2D eigenvalue weighted by atomic mass is 9.86. The molecule has 0 amide bonds. The van der Waals surface area contributed by atoms with E-state index in [4.69, 9.17) is 8.83 Å². The van der Waals surface area contributed by atoms with Crippen LogP contribution in [0, 0.1) is 0 Å². The quantitative estimate of drug-likeness (QED) is 0.0910. The van der Waals surface area contributed by atoms with Gasteiger partial charge < -0.3 is 18.6 Å². The van der Waals surface area contributed by atoms with Gasteiger partial charge in [0.15, 0.2) is 0 Å². The van der Waals surface area contributed by atoms with Gasteiger partial charge in [0.2, 0.25) is 0 Å². The smallest absolute Gasteiger partial charge is 0.136 e. The van der Waals surface area contributed by atoms with Crippen molar-refractivity contribution in [3.8, 4) is 111 Å². The van der Waals surface area contributed by atoms with Gasteiger partial charge in [-0.2, -0.15) is 0 Å². The van der Waals surface area contributed by atoms with Crippen LogP contribution < -0.4 is 9.80 Å². The summed E-state index contributed by atoms with van der Waals surface area (Å²) in [4.78, 5) is 4.90. The molecule has 4 heteroatoms. The Labute approximate surface area is 743 Å². The molecule has 24 rings (SSSR count). The lowest BCUT2D eigenvalue weighted by Crippen LogP contribution is -2.12. The summed E-state index contributed by atoms with van der Waals surface area (Å²) in [6, 6.07) is 171. The van der Waals surface area contributed by atoms with E-state index in [1.807, 2.05) is 6.07 Å². The Morgan fingerprint density at radius 3 is 1.13 bits per heavy atom. The molecule has 0 bridgehead atoms. The number of benzene rings is 21. The molecule has 21 aromatic carbocycles. The average molecular weight is 1630 g/mol. The number of nitrogens with zero attached hydrogens (tertiary/aromatic N) is 2. The zero-order valence-electron chi connectivity index (χ0n) is 70.2.